The minimum Gasteiger partial charge on any atom is -0.495 e. The number of nitrogens with one attached hydrogen (secondary N) is 2. The summed E-state index contributed by atoms with van der Waals surface area (Å²) in [6, 6.07) is 22.1. The zero-order chi connectivity index (χ0) is 19.3. The fourth-order valence-electron chi connectivity index (χ4n) is 2.95. The number of aromatic nitrogens is 2. The van der Waals surface area contributed by atoms with Crippen molar-refractivity contribution in [1.82, 2.24) is 9.97 Å². The fourth-order valence-corrected chi connectivity index (χ4v) is 2.95. The van der Waals surface area contributed by atoms with Gasteiger partial charge >= 0.3 is 0 Å². The van der Waals surface area contributed by atoms with E-state index in [0.717, 1.165) is 16.5 Å². The van der Waals surface area contributed by atoms with Crippen LogP contribution in [0.3, 0.4) is 0 Å². The summed E-state index contributed by atoms with van der Waals surface area (Å²) in [7, 11) is 1.53. The molecule has 0 fully saturated rings. The Bertz CT molecular complexity index is 1100. The van der Waals surface area contributed by atoms with Gasteiger partial charge in [-0.15, -0.1) is 0 Å². The molecule has 0 spiro atoms. The number of nitrogens with zero attached hydrogens (tertiary/aromatic N) is 2. The van der Waals surface area contributed by atoms with E-state index in [1.165, 1.54) is 19.2 Å². The summed E-state index contributed by atoms with van der Waals surface area (Å²) in [6.45, 7) is 0.630. The monoisotopic (exact) mass is 374 g/mol. The molecule has 5 nitrogen and oxygen atoms in total. The number of benzene rings is 3. The number of ether oxygens (including phenoxy) is 1. The normalized spacial score (nSPS) is 10.6. The number of hydrogen-bond donors (Lipinski definition) is 2. The molecule has 0 amide bonds. The number of fused-ring (bicyclic) bond motifs is 1. The first-order valence-corrected chi connectivity index (χ1v) is 8.88. The third kappa shape index (κ3) is 3.86. The van der Waals surface area contributed by atoms with Gasteiger partial charge in [-0.25, -0.2) is 9.37 Å². The molecule has 2 N–H and O–H groups in total. The average molecular weight is 374 g/mol. The zero-order valence-corrected chi connectivity index (χ0v) is 15.3. The molecule has 0 unspecified atom stereocenters. The Morgan fingerprint density at radius 3 is 2.54 bits per heavy atom. The first-order chi connectivity index (χ1) is 13.7. The highest BCUT2D eigenvalue weighted by molar-refractivity contribution is 5.90. The number of methoxy groups -OCH3 is 1. The highest BCUT2D eigenvalue weighted by Crippen LogP contribution is 2.29. The second kappa shape index (κ2) is 7.92. The summed E-state index contributed by atoms with van der Waals surface area (Å²) < 4.78 is 19.0. The Hall–Kier alpha value is -3.67. The summed E-state index contributed by atoms with van der Waals surface area (Å²) in [5.41, 5.74) is 2.39. The van der Waals surface area contributed by atoms with E-state index in [-0.39, 0.29) is 5.82 Å². The van der Waals surface area contributed by atoms with E-state index in [4.69, 9.17) is 4.74 Å². The molecule has 4 aromatic rings. The van der Waals surface area contributed by atoms with Crippen LogP contribution >= 0.6 is 0 Å². The smallest absolute Gasteiger partial charge is 0.229 e. The zero-order valence-electron chi connectivity index (χ0n) is 15.3. The molecule has 0 aliphatic heterocycles. The molecule has 0 saturated carbocycles. The van der Waals surface area contributed by atoms with Gasteiger partial charge in [-0.05, 0) is 29.8 Å². The van der Waals surface area contributed by atoms with Crippen molar-refractivity contribution in [2.24, 2.45) is 0 Å². The average Bonchev–Trinajstić information content (AvgIpc) is 2.73. The van der Waals surface area contributed by atoms with Gasteiger partial charge in [-0.1, -0.05) is 42.5 Å². The van der Waals surface area contributed by atoms with E-state index in [1.807, 2.05) is 54.6 Å². The molecule has 0 bridgehead atoms. The predicted molar refractivity (Wildman–Crippen MR) is 110 cm³/mol. The van der Waals surface area contributed by atoms with Crippen LogP contribution in [0.4, 0.5) is 21.8 Å². The lowest BCUT2D eigenvalue weighted by molar-refractivity contribution is 0.415. The van der Waals surface area contributed by atoms with Gasteiger partial charge in [0.2, 0.25) is 5.95 Å². The van der Waals surface area contributed by atoms with Crippen molar-refractivity contribution in [3.8, 4) is 5.75 Å². The molecule has 0 aliphatic rings. The molecule has 140 valence electrons. The second-order valence-electron chi connectivity index (χ2n) is 6.22. The highest BCUT2D eigenvalue weighted by atomic mass is 19.1. The minimum atomic E-state index is -0.369. The van der Waals surface area contributed by atoms with Crippen LogP contribution in [0.2, 0.25) is 0 Å². The molecule has 28 heavy (non-hydrogen) atoms. The lowest BCUT2D eigenvalue weighted by atomic mass is 10.2. The topological polar surface area (TPSA) is 59.1 Å². The molecular formula is C22H19FN4O. The Morgan fingerprint density at radius 2 is 1.71 bits per heavy atom. The van der Waals surface area contributed by atoms with Gasteiger partial charge in [0.25, 0.3) is 0 Å². The van der Waals surface area contributed by atoms with Gasteiger partial charge in [-0.2, -0.15) is 4.98 Å². The Kier molecular flexibility index (Phi) is 5.01. The first kappa shape index (κ1) is 17.7. The van der Waals surface area contributed by atoms with Gasteiger partial charge in [-0.3, -0.25) is 0 Å². The molecule has 6 heteroatoms. The number of para-hydroxylation sites is 1. The first-order valence-electron chi connectivity index (χ1n) is 8.88. The van der Waals surface area contributed by atoms with Crippen molar-refractivity contribution in [2.75, 3.05) is 17.7 Å². The molecule has 4 rings (SSSR count). The molecular weight excluding hydrogens is 355 g/mol. The maximum Gasteiger partial charge on any atom is 0.229 e. The Morgan fingerprint density at radius 1 is 0.929 bits per heavy atom. The molecule has 1 heterocycles. The van der Waals surface area contributed by atoms with Gasteiger partial charge in [0.1, 0.15) is 17.4 Å². The fraction of sp³-hybridized carbons (Fsp3) is 0.0909. The Balaban J connectivity index is 1.69. The summed E-state index contributed by atoms with van der Waals surface area (Å²) >= 11 is 0. The lowest BCUT2D eigenvalue weighted by Gasteiger charge is -2.13. The van der Waals surface area contributed by atoms with E-state index >= 15 is 0 Å². The van der Waals surface area contributed by atoms with Crippen LogP contribution < -0.4 is 15.4 Å². The van der Waals surface area contributed by atoms with Gasteiger partial charge < -0.3 is 15.4 Å². The van der Waals surface area contributed by atoms with Crippen molar-refractivity contribution >= 4 is 28.4 Å². The third-order valence-electron chi connectivity index (χ3n) is 4.31. The van der Waals surface area contributed by atoms with E-state index in [1.54, 1.807) is 6.07 Å². The van der Waals surface area contributed by atoms with Crippen LogP contribution in [0, 0.1) is 5.82 Å². The second-order valence-corrected chi connectivity index (χ2v) is 6.22. The van der Waals surface area contributed by atoms with Crippen molar-refractivity contribution in [1.29, 1.82) is 0 Å². The summed E-state index contributed by atoms with van der Waals surface area (Å²) in [5, 5.41) is 7.35. The van der Waals surface area contributed by atoms with Crippen molar-refractivity contribution < 1.29 is 9.13 Å². The van der Waals surface area contributed by atoms with E-state index in [2.05, 4.69) is 20.6 Å². The molecule has 3 aromatic carbocycles. The molecule has 1 aromatic heterocycles. The van der Waals surface area contributed by atoms with Crippen LogP contribution in [0.15, 0.2) is 72.8 Å². The SMILES string of the molecule is COc1ccc(F)cc1Nc1nc(NCc2ccccc2)c2ccccc2n1. The summed E-state index contributed by atoms with van der Waals surface area (Å²) in [4.78, 5) is 9.16. The van der Waals surface area contributed by atoms with Crippen molar-refractivity contribution in [3.05, 3.63) is 84.2 Å². The van der Waals surface area contributed by atoms with Crippen LogP contribution in [-0.2, 0) is 6.54 Å². The largest absolute Gasteiger partial charge is 0.495 e. The van der Waals surface area contributed by atoms with Crippen LogP contribution in [0.1, 0.15) is 5.56 Å². The van der Waals surface area contributed by atoms with E-state index in [9.17, 15) is 4.39 Å². The van der Waals surface area contributed by atoms with Gasteiger partial charge in [0.05, 0.1) is 18.3 Å². The maximum atomic E-state index is 13.7. The van der Waals surface area contributed by atoms with E-state index < -0.39 is 0 Å². The molecule has 0 radical (unpaired) electrons. The van der Waals surface area contributed by atoms with Crippen LogP contribution in [0.5, 0.6) is 5.75 Å². The predicted octanol–water partition coefficient (Wildman–Crippen LogP) is 5.13. The molecule has 0 aliphatic carbocycles. The summed E-state index contributed by atoms with van der Waals surface area (Å²) in [6.07, 6.45) is 0. The highest BCUT2D eigenvalue weighted by Gasteiger charge is 2.11. The standard InChI is InChI=1S/C22H19FN4O/c1-28-20-12-11-16(23)13-19(20)26-22-25-18-10-6-5-9-17(18)21(27-22)24-14-15-7-3-2-4-8-15/h2-13H,14H2,1H3,(H2,24,25,26,27). The number of halogens is 1. The van der Waals surface area contributed by atoms with Gasteiger partial charge in [0.15, 0.2) is 0 Å². The molecule has 0 atom stereocenters. The summed E-state index contributed by atoms with van der Waals surface area (Å²) in [5.74, 6) is 1.20. The Labute approximate surface area is 162 Å². The number of anilines is 3. The lowest BCUT2D eigenvalue weighted by Crippen LogP contribution is -2.06. The third-order valence-corrected chi connectivity index (χ3v) is 4.31. The van der Waals surface area contributed by atoms with Crippen LogP contribution in [-0.4, -0.2) is 17.1 Å². The minimum absolute atomic E-state index is 0.359. The van der Waals surface area contributed by atoms with Crippen molar-refractivity contribution in [3.63, 3.8) is 0 Å². The van der Waals surface area contributed by atoms with Crippen LogP contribution in [0.25, 0.3) is 10.9 Å². The number of rotatable bonds is 6. The van der Waals surface area contributed by atoms with Gasteiger partial charge in [0, 0.05) is 18.0 Å². The van der Waals surface area contributed by atoms with Crippen molar-refractivity contribution in [2.45, 2.75) is 6.54 Å². The van der Waals surface area contributed by atoms with E-state index in [0.29, 0.717) is 29.7 Å². The quantitative estimate of drug-likeness (QED) is 0.490. The molecule has 0 saturated heterocycles. The maximum absolute atomic E-state index is 13.7. The number of hydrogen-bond acceptors (Lipinski definition) is 5.